The highest BCUT2D eigenvalue weighted by atomic mass is 35.5. The summed E-state index contributed by atoms with van der Waals surface area (Å²) in [6.07, 6.45) is 0.329. The van der Waals surface area contributed by atoms with Gasteiger partial charge in [-0.05, 0) is 36.4 Å². The maximum absolute atomic E-state index is 10.8. The third-order valence-electron chi connectivity index (χ3n) is 3.20. The SMILES string of the molecule is CC(C)(C)[SiH2]OC(C)(C)c1ccc(CC(Cl)C(=O)O)cc1. The largest absolute Gasteiger partial charge is 0.480 e. The predicted molar refractivity (Wildman–Crippen MR) is 89.8 cm³/mol. The zero-order chi connectivity index (χ0) is 16.3. The molecule has 0 aliphatic carbocycles. The van der Waals surface area contributed by atoms with Crippen LogP contribution < -0.4 is 0 Å². The van der Waals surface area contributed by atoms with E-state index in [0.29, 0.717) is 6.42 Å². The second-order valence-electron chi connectivity index (χ2n) is 7.07. The van der Waals surface area contributed by atoms with E-state index >= 15 is 0 Å². The lowest BCUT2D eigenvalue weighted by atomic mass is 9.96. The average Bonchev–Trinajstić information content (AvgIpc) is 2.36. The van der Waals surface area contributed by atoms with Crippen molar-refractivity contribution < 1.29 is 14.3 Å². The molecule has 21 heavy (non-hydrogen) atoms. The van der Waals surface area contributed by atoms with Crippen LogP contribution in [0.15, 0.2) is 24.3 Å². The van der Waals surface area contributed by atoms with Gasteiger partial charge in [0.1, 0.15) is 5.38 Å². The first-order valence-corrected chi connectivity index (χ1v) is 8.84. The zero-order valence-corrected chi connectivity index (χ0v) is 15.6. The van der Waals surface area contributed by atoms with Crippen LogP contribution in [0.3, 0.4) is 0 Å². The van der Waals surface area contributed by atoms with E-state index in [9.17, 15) is 4.79 Å². The molecule has 0 saturated carbocycles. The molecule has 0 bridgehead atoms. The molecule has 1 aromatic carbocycles. The van der Waals surface area contributed by atoms with Crippen LogP contribution in [0.1, 0.15) is 45.7 Å². The molecule has 0 amide bonds. The number of benzene rings is 1. The highest BCUT2D eigenvalue weighted by molar-refractivity contribution is 6.31. The lowest BCUT2D eigenvalue weighted by Crippen LogP contribution is -2.27. The van der Waals surface area contributed by atoms with Crippen LogP contribution in [0.5, 0.6) is 0 Å². The lowest BCUT2D eigenvalue weighted by Gasteiger charge is -2.30. The molecule has 3 nitrogen and oxygen atoms in total. The van der Waals surface area contributed by atoms with Gasteiger partial charge in [0, 0.05) is 0 Å². The minimum absolute atomic E-state index is 0.255. The number of carbonyl (C=O) groups is 1. The van der Waals surface area contributed by atoms with Gasteiger partial charge >= 0.3 is 5.97 Å². The summed E-state index contributed by atoms with van der Waals surface area (Å²) in [5, 5.41) is 8.20. The monoisotopic (exact) mass is 328 g/mol. The summed E-state index contributed by atoms with van der Waals surface area (Å²) in [7, 11) is -0.636. The van der Waals surface area contributed by atoms with Crippen LogP contribution in [0.4, 0.5) is 0 Å². The Labute approximate surface area is 134 Å². The number of rotatable bonds is 6. The number of hydrogen-bond donors (Lipinski definition) is 1. The van der Waals surface area contributed by atoms with Gasteiger partial charge in [-0.1, -0.05) is 45.0 Å². The van der Waals surface area contributed by atoms with E-state index < -0.39 is 21.1 Å². The Balaban J connectivity index is 2.74. The summed E-state index contributed by atoms with van der Waals surface area (Å²) >= 11 is 5.76. The van der Waals surface area contributed by atoms with Gasteiger partial charge in [-0.2, -0.15) is 0 Å². The van der Waals surface area contributed by atoms with E-state index in [1.165, 1.54) is 0 Å². The number of hydrogen-bond acceptors (Lipinski definition) is 2. The Morgan fingerprint density at radius 1 is 1.24 bits per heavy atom. The normalized spacial score (nSPS) is 14.6. The van der Waals surface area contributed by atoms with E-state index in [1.54, 1.807) is 0 Å². The molecular formula is C16H25ClO3Si. The first-order valence-electron chi connectivity index (χ1n) is 7.11. The fraction of sp³-hybridized carbons (Fsp3) is 0.562. The first kappa shape index (κ1) is 18.2. The van der Waals surface area contributed by atoms with Crippen LogP contribution in [0, 0.1) is 0 Å². The van der Waals surface area contributed by atoms with Crippen LogP contribution in [0.25, 0.3) is 0 Å². The molecule has 1 rings (SSSR count). The number of aliphatic carboxylic acids is 1. The van der Waals surface area contributed by atoms with E-state index in [0.717, 1.165) is 11.1 Å². The maximum atomic E-state index is 10.8. The molecule has 1 unspecified atom stereocenters. The molecule has 5 heteroatoms. The molecule has 0 fully saturated rings. The summed E-state index contributed by atoms with van der Waals surface area (Å²) in [6, 6.07) is 7.85. The van der Waals surface area contributed by atoms with Crippen LogP contribution in [-0.4, -0.2) is 26.2 Å². The lowest BCUT2D eigenvalue weighted by molar-refractivity contribution is -0.136. The summed E-state index contributed by atoms with van der Waals surface area (Å²) in [6.45, 7) is 10.7. The number of carboxylic acid groups (broad SMARTS) is 1. The molecule has 0 radical (unpaired) electrons. The van der Waals surface area contributed by atoms with E-state index in [4.69, 9.17) is 21.1 Å². The highest BCUT2D eigenvalue weighted by Gasteiger charge is 2.24. The molecule has 0 aliphatic heterocycles. The maximum Gasteiger partial charge on any atom is 0.321 e. The third-order valence-corrected chi connectivity index (χ3v) is 5.27. The Bertz CT molecular complexity index is 477. The highest BCUT2D eigenvalue weighted by Crippen LogP contribution is 2.29. The molecule has 1 atom stereocenters. The zero-order valence-electron chi connectivity index (χ0n) is 13.4. The minimum atomic E-state index is -0.986. The predicted octanol–water partition coefficient (Wildman–Crippen LogP) is 3.48. The van der Waals surface area contributed by atoms with Gasteiger partial charge in [0.25, 0.3) is 0 Å². The van der Waals surface area contributed by atoms with Crippen molar-refractivity contribution >= 4 is 27.3 Å². The van der Waals surface area contributed by atoms with Crippen LogP contribution in [0.2, 0.25) is 5.04 Å². The average molecular weight is 329 g/mol. The topological polar surface area (TPSA) is 46.5 Å². The van der Waals surface area contributed by atoms with E-state index in [1.807, 2.05) is 24.3 Å². The van der Waals surface area contributed by atoms with Crippen molar-refractivity contribution in [1.29, 1.82) is 0 Å². The first-order chi connectivity index (χ1) is 9.51. The third kappa shape index (κ3) is 6.20. The Hall–Kier alpha value is -0.843. The van der Waals surface area contributed by atoms with Gasteiger partial charge in [-0.25, -0.2) is 0 Å². The Morgan fingerprint density at radius 3 is 2.19 bits per heavy atom. The van der Waals surface area contributed by atoms with Crippen molar-refractivity contribution in [3.8, 4) is 0 Å². The van der Waals surface area contributed by atoms with Gasteiger partial charge in [-0.15, -0.1) is 11.6 Å². The molecule has 0 aliphatic rings. The molecular weight excluding hydrogens is 304 g/mol. The van der Waals surface area contributed by atoms with E-state index in [2.05, 4.69) is 34.6 Å². The molecule has 0 aromatic heterocycles. The molecule has 118 valence electrons. The second-order valence-corrected chi connectivity index (χ2v) is 10.3. The smallest absolute Gasteiger partial charge is 0.321 e. The molecule has 0 spiro atoms. The fourth-order valence-corrected chi connectivity index (χ4v) is 2.96. The quantitative estimate of drug-likeness (QED) is 0.642. The Kier molecular flexibility index (Phi) is 6.02. The molecule has 1 aromatic rings. The van der Waals surface area contributed by atoms with Gasteiger partial charge < -0.3 is 9.53 Å². The summed E-state index contributed by atoms with van der Waals surface area (Å²) in [5.74, 6) is -0.986. The van der Waals surface area contributed by atoms with Gasteiger partial charge in [0.15, 0.2) is 9.76 Å². The Morgan fingerprint density at radius 2 is 1.76 bits per heavy atom. The summed E-state index contributed by atoms with van der Waals surface area (Å²) < 4.78 is 6.16. The summed E-state index contributed by atoms with van der Waals surface area (Å²) in [5.41, 5.74) is 1.71. The van der Waals surface area contributed by atoms with Crippen molar-refractivity contribution in [3.63, 3.8) is 0 Å². The van der Waals surface area contributed by atoms with Crippen molar-refractivity contribution in [1.82, 2.24) is 0 Å². The number of carboxylic acids is 1. The van der Waals surface area contributed by atoms with Crippen molar-refractivity contribution in [2.45, 2.75) is 57.1 Å². The molecule has 0 heterocycles. The van der Waals surface area contributed by atoms with Crippen LogP contribution in [-0.2, 0) is 21.2 Å². The summed E-state index contributed by atoms with van der Waals surface area (Å²) in [4.78, 5) is 10.8. The van der Waals surface area contributed by atoms with Crippen LogP contribution >= 0.6 is 11.6 Å². The number of alkyl halides is 1. The minimum Gasteiger partial charge on any atom is -0.480 e. The van der Waals surface area contributed by atoms with Gasteiger partial charge in [0.2, 0.25) is 0 Å². The fourth-order valence-electron chi connectivity index (χ4n) is 1.82. The number of halogens is 1. The van der Waals surface area contributed by atoms with Crippen molar-refractivity contribution in [2.75, 3.05) is 0 Å². The molecule has 1 N–H and O–H groups in total. The van der Waals surface area contributed by atoms with Crippen molar-refractivity contribution in [3.05, 3.63) is 35.4 Å². The van der Waals surface area contributed by atoms with Crippen molar-refractivity contribution in [2.24, 2.45) is 0 Å². The second kappa shape index (κ2) is 6.94. The van der Waals surface area contributed by atoms with Gasteiger partial charge in [-0.3, -0.25) is 4.79 Å². The van der Waals surface area contributed by atoms with E-state index in [-0.39, 0.29) is 10.6 Å². The standard InChI is InChI=1S/C16H25ClO3Si/c1-15(2,3)21-20-16(4,5)12-8-6-11(7-9-12)10-13(17)14(18)19/h6-9,13H,10,21H2,1-5H3,(H,18,19). The molecule has 0 saturated heterocycles. The van der Waals surface area contributed by atoms with Gasteiger partial charge in [0.05, 0.1) is 5.60 Å².